The largest absolute Gasteiger partial charge is 0.465 e. The predicted octanol–water partition coefficient (Wildman–Crippen LogP) is 1.70. The Morgan fingerprint density at radius 3 is 2.60 bits per heavy atom. The van der Waals surface area contributed by atoms with Gasteiger partial charge in [-0.15, -0.1) is 0 Å². The molecule has 86 valence electrons. The first-order valence-electron chi connectivity index (χ1n) is 5.14. The van der Waals surface area contributed by atoms with Crippen molar-refractivity contribution in [2.24, 2.45) is 5.41 Å². The highest BCUT2D eigenvalue weighted by molar-refractivity contribution is 5.66. The van der Waals surface area contributed by atoms with Gasteiger partial charge >= 0.3 is 6.09 Å². The SMILES string of the molecule is CC(C)(C)C1CC(CO)=CCN1C(=O)O. The zero-order chi connectivity index (χ0) is 11.6. The molecule has 0 spiro atoms. The lowest BCUT2D eigenvalue weighted by molar-refractivity contribution is 0.0823. The van der Waals surface area contributed by atoms with Crippen molar-refractivity contribution in [3.8, 4) is 0 Å². The Morgan fingerprint density at radius 1 is 1.60 bits per heavy atom. The van der Waals surface area contributed by atoms with Gasteiger partial charge in [-0.25, -0.2) is 4.79 Å². The molecule has 4 heteroatoms. The molecule has 0 aliphatic carbocycles. The molecule has 0 fully saturated rings. The highest BCUT2D eigenvalue weighted by Gasteiger charge is 2.35. The van der Waals surface area contributed by atoms with E-state index in [9.17, 15) is 4.79 Å². The first kappa shape index (κ1) is 12.0. The van der Waals surface area contributed by atoms with Crippen molar-refractivity contribution in [3.05, 3.63) is 11.6 Å². The Bertz CT molecular complexity index is 278. The van der Waals surface area contributed by atoms with Gasteiger partial charge in [-0.2, -0.15) is 0 Å². The molecule has 0 radical (unpaired) electrons. The summed E-state index contributed by atoms with van der Waals surface area (Å²) in [5.41, 5.74) is 0.833. The first-order valence-corrected chi connectivity index (χ1v) is 5.14. The molecule has 15 heavy (non-hydrogen) atoms. The Morgan fingerprint density at radius 2 is 2.20 bits per heavy atom. The number of carbonyl (C=O) groups is 1. The third kappa shape index (κ3) is 2.72. The number of aliphatic hydroxyl groups is 1. The molecule has 2 N–H and O–H groups in total. The van der Waals surface area contributed by atoms with Gasteiger partial charge in [0.2, 0.25) is 0 Å². The fourth-order valence-corrected chi connectivity index (χ4v) is 1.91. The van der Waals surface area contributed by atoms with Crippen molar-refractivity contribution in [1.82, 2.24) is 4.90 Å². The summed E-state index contributed by atoms with van der Waals surface area (Å²) in [6.45, 7) is 6.48. The standard InChI is InChI=1S/C11H19NO3/c1-11(2,3)9-6-8(7-13)4-5-12(9)10(14)15/h4,9,13H,5-7H2,1-3H3,(H,14,15). The molecule has 1 unspecified atom stereocenters. The van der Waals surface area contributed by atoms with Crippen LogP contribution in [0, 0.1) is 5.41 Å². The molecule has 4 nitrogen and oxygen atoms in total. The lowest BCUT2D eigenvalue weighted by atomic mass is 9.80. The quantitative estimate of drug-likeness (QED) is 0.652. The summed E-state index contributed by atoms with van der Waals surface area (Å²) in [6, 6.07) is -0.0536. The van der Waals surface area contributed by atoms with Gasteiger partial charge in [0.05, 0.1) is 6.61 Å². The molecular formula is C11H19NO3. The van der Waals surface area contributed by atoms with Gasteiger partial charge in [-0.3, -0.25) is 0 Å². The van der Waals surface area contributed by atoms with Crippen molar-refractivity contribution in [1.29, 1.82) is 0 Å². The summed E-state index contributed by atoms with van der Waals surface area (Å²) in [7, 11) is 0. The summed E-state index contributed by atoms with van der Waals surface area (Å²) in [6.07, 6.45) is 1.55. The second-order valence-corrected chi connectivity index (χ2v) is 5.04. The average Bonchev–Trinajstić information content (AvgIpc) is 2.15. The number of carboxylic acid groups (broad SMARTS) is 1. The van der Waals surface area contributed by atoms with E-state index in [4.69, 9.17) is 10.2 Å². The number of rotatable bonds is 1. The minimum atomic E-state index is -0.886. The van der Waals surface area contributed by atoms with E-state index in [1.54, 1.807) is 6.08 Å². The molecule has 0 aromatic carbocycles. The van der Waals surface area contributed by atoms with Crippen LogP contribution in [0.3, 0.4) is 0 Å². The van der Waals surface area contributed by atoms with E-state index < -0.39 is 6.09 Å². The van der Waals surface area contributed by atoms with Gasteiger partial charge < -0.3 is 15.1 Å². The Labute approximate surface area is 90.2 Å². The number of aliphatic hydroxyl groups excluding tert-OH is 1. The summed E-state index contributed by atoms with van der Waals surface area (Å²) in [4.78, 5) is 12.5. The molecule has 0 bridgehead atoms. The molecule has 1 atom stereocenters. The molecule has 0 saturated heterocycles. The molecule has 1 aliphatic rings. The highest BCUT2D eigenvalue weighted by atomic mass is 16.4. The normalized spacial score (nSPS) is 22.5. The summed E-state index contributed by atoms with van der Waals surface area (Å²) in [5.74, 6) is 0. The Balaban J connectivity index is 2.90. The van der Waals surface area contributed by atoms with Gasteiger partial charge in [0.1, 0.15) is 0 Å². The Hall–Kier alpha value is -1.03. The molecule has 0 saturated carbocycles. The molecule has 1 amide bonds. The second kappa shape index (κ2) is 4.23. The zero-order valence-corrected chi connectivity index (χ0v) is 9.53. The van der Waals surface area contributed by atoms with E-state index in [0.717, 1.165) is 5.57 Å². The zero-order valence-electron chi connectivity index (χ0n) is 9.53. The average molecular weight is 213 g/mol. The van der Waals surface area contributed by atoms with Crippen molar-refractivity contribution < 1.29 is 15.0 Å². The fraction of sp³-hybridized carbons (Fsp3) is 0.727. The smallest absolute Gasteiger partial charge is 0.407 e. The highest BCUT2D eigenvalue weighted by Crippen LogP contribution is 2.31. The topological polar surface area (TPSA) is 60.8 Å². The van der Waals surface area contributed by atoms with E-state index in [0.29, 0.717) is 13.0 Å². The second-order valence-electron chi connectivity index (χ2n) is 5.04. The minimum Gasteiger partial charge on any atom is -0.465 e. The van der Waals surface area contributed by atoms with Gasteiger partial charge in [-0.1, -0.05) is 26.8 Å². The van der Waals surface area contributed by atoms with Gasteiger partial charge in [0.15, 0.2) is 0 Å². The van der Waals surface area contributed by atoms with Crippen molar-refractivity contribution in [2.45, 2.75) is 33.2 Å². The van der Waals surface area contributed by atoms with E-state index in [-0.39, 0.29) is 18.1 Å². The van der Waals surface area contributed by atoms with Crippen LogP contribution in [0.2, 0.25) is 0 Å². The lowest BCUT2D eigenvalue weighted by Gasteiger charge is -2.41. The monoisotopic (exact) mass is 213 g/mol. The van der Waals surface area contributed by atoms with Crippen molar-refractivity contribution in [2.75, 3.05) is 13.2 Å². The van der Waals surface area contributed by atoms with Gasteiger partial charge in [-0.05, 0) is 17.4 Å². The summed E-state index contributed by atoms with van der Waals surface area (Å²) < 4.78 is 0. The molecule has 1 rings (SSSR count). The van der Waals surface area contributed by atoms with Crippen LogP contribution in [0.5, 0.6) is 0 Å². The number of hydrogen-bond acceptors (Lipinski definition) is 2. The Kier molecular flexibility index (Phi) is 3.39. The van der Waals surface area contributed by atoms with E-state index >= 15 is 0 Å². The van der Waals surface area contributed by atoms with Crippen LogP contribution in [-0.2, 0) is 0 Å². The molecular weight excluding hydrogens is 194 g/mol. The van der Waals surface area contributed by atoms with Crippen LogP contribution in [-0.4, -0.2) is 40.4 Å². The van der Waals surface area contributed by atoms with E-state index in [1.165, 1.54) is 4.90 Å². The van der Waals surface area contributed by atoms with E-state index in [2.05, 4.69) is 0 Å². The molecule has 0 aromatic rings. The number of hydrogen-bond donors (Lipinski definition) is 2. The van der Waals surface area contributed by atoms with Crippen LogP contribution in [0.25, 0.3) is 0 Å². The summed E-state index contributed by atoms with van der Waals surface area (Å²) in [5, 5.41) is 18.1. The van der Waals surface area contributed by atoms with Crippen molar-refractivity contribution in [3.63, 3.8) is 0 Å². The van der Waals surface area contributed by atoms with Crippen molar-refractivity contribution >= 4 is 6.09 Å². The maximum absolute atomic E-state index is 11.0. The molecule has 0 aromatic heterocycles. The summed E-state index contributed by atoms with van der Waals surface area (Å²) >= 11 is 0. The number of nitrogens with zero attached hydrogens (tertiary/aromatic N) is 1. The van der Waals surface area contributed by atoms with Crippen LogP contribution >= 0.6 is 0 Å². The molecule has 1 aliphatic heterocycles. The third-order valence-electron chi connectivity index (χ3n) is 2.86. The number of amides is 1. The molecule has 1 heterocycles. The minimum absolute atomic E-state index is 0.0278. The first-order chi connectivity index (χ1) is 6.86. The van der Waals surface area contributed by atoms with Gasteiger partial charge in [0, 0.05) is 12.6 Å². The fourth-order valence-electron chi connectivity index (χ4n) is 1.91. The van der Waals surface area contributed by atoms with E-state index in [1.807, 2.05) is 20.8 Å². The predicted molar refractivity (Wildman–Crippen MR) is 57.8 cm³/mol. The van der Waals surface area contributed by atoms with Crippen LogP contribution in [0.1, 0.15) is 27.2 Å². The lowest BCUT2D eigenvalue weighted by Crippen LogP contribution is -2.49. The maximum Gasteiger partial charge on any atom is 0.407 e. The van der Waals surface area contributed by atoms with Crippen LogP contribution < -0.4 is 0 Å². The van der Waals surface area contributed by atoms with Gasteiger partial charge in [0.25, 0.3) is 0 Å². The van der Waals surface area contributed by atoms with Crippen LogP contribution in [0.15, 0.2) is 11.6 Å². The maximum atomic E-state index is 11.0. The van der Waals surface area contributed by atoms with Crippen LogP contribution in [0.4, 0.5) is 4.79 Å². The third-order valence-corrected chi connectivity index (χ3v) is 2.86.